The zero-order valence-electron chi connectivity index (χ0n) is 17.3. The number of nitrogens with zero attached hydrogens (tertiary/aromatic N) is 1. The molecule has 0 spiro atoms. The van der Waals surface area contributed by atoms with E-state index in [1.165, 1.54) is 7.11 Å². The Labute approximate surface area is 175 Å². The molecule has 3 rings (SSSR count). The third kappa shape index (κ3) is 4.59. The molecule has 30 heavy (non-hydrogen) atoms. The maximum absolute atomic E-state index is 13.0. The molecule has 2 aromatic rings. The third-order valence-electron chi connectivity index (χ3n) is 5.05. The molecule has 1 aliphatic rings. The van der Waals surface area contributed by atoms with Gasteiger partial charge in [-0.05, 0) is 60.9 Å². The highest BCUT2D eigenvalue weighted by Crippen LogP contribution is 2.39. The Hall–Kier alpha value is -3.42. The van der Waals surface area contributed by atoms with Crippen LogP contribution in [0, 0.1) is 0 Å². The standard InChI is InChI=1S/C22H26N2O6/c1-4-30-16-7-5-15(6-8-16)23-22(27)24-10-9-14-11-19(28-2)20(29-3)12-17(14)18(24)13-21(25)26/h5-8,11-12,18H,4,9-10,13H2,1-3H3,(H,23,27)(H,25,26)/t18-/m1/s1. The van der Waals surface area contributed by atoms with Crippen LogP contribution in [-0.2, 0) is 11.2 Å². The maximum atomic E-state index is 13.0. The number of carbonyl (C=O) groups excluding carboxylic acids is 1. The molecule has 1 heterocycles. The van der Waals surface area contributed by atoms with Crippen molar-refractivity contribution in [3.63, 3.8) is 0 Å². The van der Waals surface area contributed by atoms with Gasteiger partial charge < -0.3 is 29.5 Å². The number of amides is 2. The molecule has 0 bridgehead atoms. The van der Waals surface area contributed by atoms with Gasteiger partial charge in [0.1, 0.15) is 5.75 Å². The van der Waals surface area contributed by atoms with Crippen LogP contribution < -0.4 is 19.5 Å². The summed E-state index contributed by atoms with van der Waals surface area (Å²) in [4.78, 5) is 26.1. The van der Waals surface area contributed by atoms with Crippen molar-refractivity contribution >= 4 is 17.7 Å². The van der Waals surface area contributed by atoms with E-state index in [1.54, 1.807) is 42.3 Å². The first-order chi connectivity index (χ1) is 14.5. The number of methoxy groups -OCH3 is 2. The smallest absolute Gasteiger partial charge is 0.322 e. The minimum absolute atomic E-state index is 0.209. The number of nitrogens with one attached hydrogen (secondary N) is 1. The largest absolute Gasteiger partial charge is 0.494 e. The van der Waals surface area contributed by atoms with Gasteiger partial charge in [0.05, 0.1) is 33.3 Å². The Morgan fingerprint density at radius 1 is 1.13 bits per heavy atom. The van der Waals surface area contributed by atoms with E-state index < -0.39 is 12.0 Å². The second-order valence-corrected chi connectivity index (χ2v) is 6.85. The molecule has 0 aromatic heterocycles. The second kappa shape index (κ2) is 9.39. The van der Waals surface area contributed by atoms with Gasteiger partial charge in [-0.15, -0.1) is 0 Å². The Morgan fingerprint density at radius 3 is 2.40 bits per heavy atom. The topological polar surface area (TPSA) is 97.3 Å². The van der Waals surface area contributed by atoms with Crippen molar-refractivity contribution < 1.29 is 28.9 Å². The molecular formula is C22H26N2O6. The van der Waals surface area contributed by atoms with Crippen molar-refractivity contribution in [2.45, 2.75) is 25.8 Å². The predicted molar refractivity (Wildman–Crippen MR) is 112 cm³/mol. The van der Waals surface area contributed by atoms with Crippen molar-refractivity contribution in [2.24, 2.45) is 0 Å². The zero-order valence-corrected chi connectivity index (χ0v) is 17.3. The predicted octanol–water partition coefficient (Wildman–Crippen LogP) is 3.71. The van der Waals surface area contributed by atoms with Crippen LogP contribution in [0.25, 0.3) is 0 Å². The summed E-state index contributed by atoms with van der Waals surface area (Å²) in [5.74, 6) is 0.812. The number of urea groups is 1. The van der Waals surface area contributed by atoms with Crippen LogP contribution in [0.1, 0.15) is 30.5 Å². The Morgan fingerprint density at radius 2 is 1.80 bits per heavy atom. The van der Waals surface area contributed by atoms with E-state index in [1.807, 2.05) is 13.0 Å². The third-order valence-corrected chi connectivity index (χ3v) is 5.05. The van der Waals surface area contributed by atoms with Gasteiger partial charge in [-0.2, -0.15) is 0 Å². The van der Waals surface area contributed by atoms with E-state index >= 15 is 0 Å². The molecule has 2 aromatic carbocycles. The summed E-state index contributed by atoms with van der Waals surface area (Å²) in [5.41, 5.74) is 2.31. The SMILES string of the molecule is CCOc1ccc(NC(=O)N2CCc3cc(OC)c(OC)cc3[C@H]2CC(=O)O)cc1. The average molecular weight is 414 g/mol. The molecule has 0 aliphatic carbocycles. The maximum Gasteiger partial charge on any atom is 0.322 e. The highest BCUT2D eigenvalue weighted by atomic mass is 16.5. The van der Waals surface area contributed by atoms with E-state index in [0.717, 1.165) is 11.1 Å². The molecule has 1 aliphatic heterocycles. The minimum Gasteiger partial charge on any atom is -0.494 e. The van der Waals surface area contributed by atoms with Gasteiger partial charge in [0, 0.05) is 12.2 Å². The van der Waals surface area contributed by atoms with Gasteiger partial charge in [-0.1, -0.05) is 0 Å². The van der Waals surface area contributed by atoms with E-state index in [-0.39, 0.29) is 12.5 Å². The second-order valence-electron chi connectivity index (χ2n) is 6.85. The Kier molecular flexibility index (Phi) is 6.66. The molecule has 0 saturated heterocycles. The van der Waals surface area contributed by atoms with Crippen molar-refractivity contribution in [1.29, 1.82) is 0 Å². The number of hydrogen-bond donors (Lipinski definition) is 2. The summed E-state index contributed by atoms with van der Waals surface area (Å²) in [7, 11) is 3.08. The van der Waals surface area contributed by atoms with Crippen LogP contribution in [-0.4, -0.2) is 49.4 Å². The van der Waals surface area contributed by atoms with Crippen molar-refractivity contribution in [1.82, 2.24) is 4.90 Å². The number of hydrogen-bond acceptors (Lipinski definition) is 5. The lowest BCUT2D eigenvalue weighted by Gasteiger charge is -2.37. The Balaban J connectivity index is 1.86. The molecule has 8 heteroatoms. The molecule has 0 radical (unpaired) electrons. The molecule has 0 saturated carbocycles. The fourth-order valence-corrected chi connectivity index (χ4v) is 3.65. The zero-order chi connectivity index (χ0) is 21.7. The minimum atomic E-state index is -0.985. The van der Waals surface area contributed by atoms with Crippen molar-refractivity contribution in [3.8, 4) is 17.2 Å². The summed E-state index contributed by atoms with van der Waals surface area (Å²) in [6.45, 7) is 2.85. The molecule has 0 fully saturated rings. The quantitative estimate of drug-likeness (QED) is 0.717. The molecule has 2 amide bonds. The first-order valence-corrected chi connectivity index (χ1v) is 9.73. The fourth-order valence-electron chi connectivity index (χ4n) is 3.65. The first-order valence-electron chi connectivity index (χ1n) is 9.73. The van der Waals surface area contributed by atoms with E-state index in [0.29, 0.717) is 42.5 Å². The van der Waals surface area contributed by atoms with Gasteiger partial charge in [-0.3, -0.25) is 4.79 Å². The lowest BCUT2D eigenvalue weighted by Crippen LogP contribution is -2.43. The number of rotatable bonds is 7. The summed E-state index contributed by atoms with van der Waals surface area (Å²) >= 11 is 0. The summed E-state index contributed by atoms with van der Waals surface area (Å²) in [5, 5.41) is 12.3. The first kappa shape index (κ1) is 21.3. The molecule has 2 N–H and O–H groups in total. The van der Waals surface area contributed by atoms with Crippen molar-refractivity contribution in [2.75, 3.05) is 32.7 Å². The number of anilines is 1. The van der Waals surface area contributed by atoms with Crippen molar-refractivity contribution in [3.05, 3.63) is 47.5 Å². The summed E-state index contributed by atoms with van der Waals surface area (Å²) in [6.07, 6.45) is 0.377. The van der Waals surface area contributed by atoms with E-state index in [9.17, 15) is 14.7 Å². The van der Waals surface area contributed by atoms with E-state index in [4.69, 9.17) is 14.2 Å². The fraction of sp³-hybridized carbons (Fsp3) is 0.364. The van der Waals surface area contributed by atoms with Crippen LogP contribution in [0.2, 0.25) is 0 Å². The molecule has 160 valence electrons. The van der Waals surface area contributed by atoms with Gasteiger partial charge in [0.2, 0.25) is 0 Å². The number of benzene rings is 2. The van der Waals surface area contributed by atoms with Crippen LogP contribution in [0.15, 0.2) is 36.4 Å². The molecule has 0 unspecified atom stereocenters. The number of ether oxygens (including phenoxy) is 3. The number of carbonyl (C=O) groups is 2. The van der Waals surface area contributed by atoms with Gasteiger partial charge in [0.25, 0.3) is 0 Å². The highest BCUT2D eigenvalue weighted by Gasteiger charge is 2.33. The monoisotopic (exact) mass is 414 g/mol. The summed E-state index contributed by atoms with van der Waals surface area (Å²) in [6, 6.07) is 9.69. The van der Waals surface area contributed by atoms with Gasteiger partial charge in [0.15, 0.2) is 11.5 Å². The normalized spacial score (nSPS) is 15.2. The lowest BCUT2D eigenvalue weighted by atomic mass is 9.90. The van der Waals surface area contributed by atoms with Crippen LogP contribution in [0.4, 0.5) is 10.5 Å². The molecular weight excluding hydrogens is 388 g/mol. The van der Waals surface area contributed by atoms with E-state index in [2.05, 4.69) is 5.32 Å². The van der Waals surface area contributed by atoms with Crippen LogP contribution >= 0.6 is 0 Å². The highest BCUT2D eigenvalue weighted by molar-refractivity contribution is 5.90. The number of aliphatic carboxylic acids is 1. The van der Waals surface area contributed by atoms with Gasteiger partial charge in [-0.25, -0.2) is 4.79 Å². The number of fused-ring (bicyclic) bond motifs is 1. The number of carboxylic acids is 1. The Bertz CT molecular complexity index is 913. The van der Waals surface area contributed by atoms with Gasteiger partial charge >= 0.3 is 12.0 Å². The molecule has 1 atom stereocenters. The van der Waals surface area contributed by atoms with Crippen LogP contribution in [0.5, 0.6) is 17.2 Å². The van der Waals surface area contributed by atoms with Crippen LogP contribution in [0.3, 0.4) is 0 Å². The summed E-state index contributed by atoms with van der Waals surface area (Å²) < 4.78 is 16.1. The molecule has 8 nitrogen and oxygen atoms in total. The number of carboxylic acid groups (broad SMARTS) is 1. The average Bonchev–Trinajstić information content (AvgIpc) is 2.74. The lowest BCUT2D eigenvalue weighted by molar-refractivity contribution is -0.138.